The normalized spacial score (nSPS) is 10.4. The SMILES string of the molecule is COc1cc(-c2ccc(-[n+]3nc(-c4ccccc4)n(-c4ccc([N+](=O)[O-])cc4)n3)c(OC)c2)ccc1-[n+]1nc(-c2ccccc2)n(-c2ccc([N+](=O)[O-])cc2)n1.O.[Cl-].[Cl-]. The van der Waals surface area contributed by atoms with Crippen molar-refractivity contribution in [2.24, 2.45) is 0 Å². The number of hydrogen-bond acceptors (Lipinski definition) is 10. The number of methoxy groups -OCH3 is 2. The van der Waals surface area contributed by atoms with E-state index in [0.717, 1.165) is 22.3 Å². The van der Waals surface area contributed by atoms with Crippen molar-refractivity contribution in [2.75, 3.05) is 14.2 Å². The topological polar surface area (TPSA) is 205 Å². The summed E-state index contributed by atoms with van der Waals surface area (Å²) in [7, 11) is 3.12. The zero-order valence-corrected chi connectivity index (χ0v) is 32.5. The Kier molecular flexibility index (Phi) is 13.1. The van der Waals surface area contributed by atoms with Gasteiger partial charge in [0.1, 0.15) is 10.4 Å². The molecule has 0 saturated carbocycles. The Balaban J connectivity index is 0.00000220. The van der Waals surface area contributed by atoms with Gasteiger partial charge in [0.05, 0.1) is 24.1 Å². The van der Waals surface area contributed by atoms with Crippen LogP contribution in [0, 0.1) is 20.2 Å². The van der Waals surface area contributed by atoms with Crippen LogP contribution in [-0.2, 0) is 0 Å². The minimum atomic E-state index is -0.450. The standard InChI is InChI=1S/C40H30N10O6.2ClH.H2O/c1-55-37-25-29(13-23-35(37)47-41-39(27-9-5-3-6-10-27)45(43-47)31-15-19-33(20-16-31)49(51)52)30-14-24-36(38(26-30)56-2)48-42-40(28-11-7-4-8-12-28)46(44-48)32-17-21-34(22-18-32)50(53)54;;;/h3-26H,1-2H3;2*1H;1H2/q+2;;;/p-2. The molecule has 0 fully saturated rings. The van der Waals surface area contributed by atoms with Crippen LogP contribution in [0.2, 0.25) is 0 Å². The summed E-state index contributed by atoms with van der Waals surface area (Å²) in [6.07, 6.45) is 0. The third-order valence-corrected chi connectivity index (χ3v) is 8.93. The summed E-state index contributed by atoms with van der Waals surface area (Å²) in [4.78, 5) is 24.6. The average molecular weight is 836 g/mol. The summed E-state index contributed by atoms with van der Waals surface area (Å²) in [6, 6.07) is 42.4. The smallest absolute Gasteiger partial charge is 0.296 e. The molecule has 0 bridgehead atoms. The van der Waals surface area contributed by atoms with Gasteiger partial charge in [-0.2, -0.15) is 0 Å². The van der Waals surface area contributed by atoms with Crippen LogP contribution in [0.5, 0.6) is 11.5 Å². The van der Waals surface area contributed by atoms with E-state index < -0.39 is 9.85 Å². The summed E-state index contributed by atoms with van der Waals surface area (Å²) in [5.74, 6) is 2.01. The summed E-state index contributed by atoms with van der Waals surface area (Å²) >= 11 is 0. The van der Waals surface area contributed by atoms with Gasteiger partial charge in [-0.05, 0) is 106 Å². The van der Waals surface area contributed by atoms with Gasteiger partial charge in [0.15, 0.2) is 22.9 Å². The van der Waals surface area contributed by atoms with Crippen LogP contribution >= 0.6 is 0 Å². The molecule has 0 radical (unpaired) electrons. The predicted molar refractivity (Wildman–Crippen MR) is 206 cm³/mol. The van der Waals surface area contributed by atoms with Crippen molar-refractivity contribution < 1.29 is 59.2 Å². The highest BCUT2D eigenvalue weighted by atomic mass is 35.5. The van der Waals surface area contributed by atoms with Gasteiger partial charge in [-0.3, -0.25) is 20.2 Å². The van der Waals surface area contributed by atoms with Crippen molar-refractivity contribution in [1.29, 1.82) is 0 Å². The molecule has 0 atom stereocenters. The van der Waals surface area contributed by atoms with Crippen molar-refractivity contribution in [3.05, 3.63) is 166 Å². The fourth-order valence-electron chi connectivity index (χ4n) is 6.12. The quantitative estimate of drug-likeness (QED) is 0.0921. The van der Waals surface area contributed by atoms with Gasteiger partial charge in [0.25, 0.3) is 23.0 Å². The summed E-state index contributed by atoms with van der Waals surface area (Å²) < 4.78 is 14.9. The Morgan fingerprint density at radius 3 is 1.19 bits per heavy atom. The molecule has 298 valence electrons. The van der Waals surface area contributed by atoms with Crippen molar-refractivity contribution >= 4 is 11.4 Å². The number of rotatable bonds is 11. The van der Waals surface area contributed by atoms with Crippen molar-refractivity contribution in [1.82, 2.24) is 30.0 Å². The number of nitrogens with zero attached hydrogens (tertiary/aromatic N) is 10. The molecule has 8 aromatic rings. The maximum atomic E-state index is 11.3. The molecule has 2 N–H and O–H groups in total. The molecule has 2 aromatic heterocycles. The van der Waals surface area contributed by atoms with Gasteiger partial charge in [-0.1, -0.05) is 45.8 Å². The number of nitro benzene ring substituents is 2. The highest BCUT2D eigenvalue weighted by Crippen LogP contribution is 2.32. The molecule has 0 spiro atoms. The fraction of sp³-hybridized carbons (Fsp3) is 0.0500. The molecule has 0 saturated heterocycles. The number of aromatic nitrogens is 8. The van der Waals surface area contributed by atoms with Gasteiger partial charge in [-0.15, -0.1) is 0 Å². The summed E-state index contributed by atoms with van der Waals surface area (Å²) in [5.41, 5.74) is 5.43. The van der Waals surface area contributed by atoms with E-state index in [-0.39, 0.29) is 41.7 Å². The van der Waals surface area contributed by atoms with Gasteiger partial charge in [0, 0.05) is 45.0 Å². The molecule has 0 amide bonds. The average Bonchev–Trinajstić information content (AvgIpc) is 3.90. The first-order valence-electron chi connectivity index (χ1n) is 17.1. The van der Waals surface area contributed by atoms with Crippen LogP contribution in [-0.4, -0.2) is 59.5 Å². The predicted octanol–water partition coefficient (Wildman–Crippen LogP) is -0.581. The van der Waals surface area contributed by atoms with Crippen molar-refractivity contribution in [3.63, 3.8) is 0 Å². The largest absolute Gasteiger partial charge is 1.00 e. The minimum absolute atomic E-state index is 0. The molecule has 6 aromatic carbocycles. The zero-order valence-electron chi connectivity index (χ0n) is 31.0. The molecule has 2 heterocycles. The van der Waals surface area contributed by atoms with E-state index in [0.29, 0.717) is 45.9 Å². The summed E-state index contributed by atoms with van der Waals surface area (Å²) in [6.45, 7) is 0. The number of benzene rings is 6. The zero-order chi connectivity index (χ0) is 38.8. The number of tetrazole rings is 2. The Morgan fingerprint density at radius 1 is 0.508 bits per heavy atom. The lowest BCUT2D eigenvalue weighted by molar-refractivity contribution is -0.717. The lowest BCUT2D eigenvalue weighted by atomic mass is 10.0. The maximum Gasteiger partial charge on any atom is 0.296 e. The monoisotopic (exact) mass is 834 g/mol. The van der Waals surface area contributed by atoms with Gasteiger partial charge in [-0.25, -0.2) is 0 Å². The molecule has 19 heteroatoms. The van der Waals surface area contributed by atoms with Crippen LogP contribution in [0.15, 0.2) is 146 Å². The third-order valence-electron chi connectivity index (χ3n) is 8.93. The van der Waals surface area contributed by atoms with E-state index in [4.69, 9.17) is 30.1 Å². The first-order valence-corrected chi connectivity index (χ1v) is 17.1. The summed E-state index contributed by atoms with van der Waals surface area (Å²) in [5, 5.41) is 41.8. The van der Waals surface area contributed by atoms with Gasteiger partial charge in [0.2, 0.25) is 11.4 Å². The van der Waals surface area contributed by atoms with E-state index in [1.807, 2.05) is 97.1 Å². The molecule has 8 rings (SSSR count). The van der Waals surface area contributed by atoms with Crippen LogP contribution in [0.4, 0.5) is 11.4 Å². The van der Waals surface area contributed by atoms with E-state index in [9.17, 15) is 20.2 Å². The van der Waals surface area contributed by atoms with E-state index in [2.05, 4.69) is 0 Å². The molecule has 0 aliphatic rings. The molecule has 59 heavy (non-hydrogen) atoms. The van der Waals surface area contributed by atoms with Gasteiger partial charge >= 0.3 is 0 Å². The van der Waals surface area contributed by atoms with Gasteiger partial charge < -0.3 is 39.8 Å². The molecule has 0 unspecified atom stereocenters. The lowest BCUT2D eigenvalue weighted by Gasteiger charge is -2.09. The highest BCUT2D eigenvalue weighted by Gasteiger charge is 2.28. The first kappa shape index (κ1) is 42.5. The molecular weight excluding hydrogens is 803 g/mol. The highest BCUT2D eigenvalue weighted by molar-refractivity contribution is 5.70. The van der Waals surface area contributed by atoms with E-state index >= 15 is 0 Å². The maximum absolute atomic E-state index is 11.3. The van der Waals surface area contributed by atoms with Crippen molar-refractivity contribution in [2.45, 2.75) is 0 Å². The van der Waals surface area contributed by atoms with E-state index in [1.54, 1.807) is 47.8 Å². The Hall–Kier alpha value is -7.60. The van der Waals surface area contributed by atoms with E-state index in [1.165, 1.54) is 33.9 Å². The Labute approximate surface area is 347 Å². The number of non-ortho nitro benzene ring substituents is 2. The van der Waals surface area contributed by atoms with Crippen LogP contribution < -0.4 is 43.9 Å². The fourth-order valence-corrected chi connectivity index (χ4v) is 6.12. The number of hydrogen-bond donors (Lipinski definition) is 0. The number of halogens is 2. The van der Waals surface area contributed by atoms with Crippen molar-refractivity contribution in [3.8, 4) is 68.2 Å². The number of nitro groups is 2. The molecular formula is C40H32Cl2N10O7. The molecule has 0 aliphatic heterocycles. The second kappa shape index (κ2) is 18.1. The minimum Gasteiger partial charge on any atom is -1.00 e. The Morgan fingerprint density at radius 2 is 0.864 bits per heavy atom. The first-order chi connectivity index (χ1) is 27.3. The molecule has 17 nitrogen and oxygen atoms in total. The Bertz CT molecular complexity index is 2550. The lowest BCUT2D eigenvalue weighted by Crippen LogP contribution is -3.00. The number of ether oxygens (including phenoxy) is 2. The van der Waals surface area contributed by atoms with Crippen LogP contribution in [0.3, 0.4) is 0 Å². The third kappa shape index (κ3) is 8.42. The molecule has 0 aliphatic carbocycles. The second-order valence-corrected chi connectivity index (χ2v) is 12.3. The second-order valence-electron chi connectivity index (χ2n) is 12.3. The van der Waals surface area contributed by atoms with Crippen LogP contribution in [0.1, 0.15) is 0 Å². The van der Waals surface area contributed by atoms with Crippen LogP contribution in [0.25, 0.3) is 56.7 Å².